The Morgan fingerprint density at radius 2 is 2.12 bits per heavy atom. The summed E-state index contributed by atoms with van der Waals surface area (Å²) < 4.78 is 4.44. The van der Waals surface area contributed by atoms with Crippen molar-refractivity contribution in [3.05, 3.63) is 53.5 Å². The summed E-state index contributed by atoms with van der Waals surface area (Å²) in [5.74, 6) is 0.532. The molecule has 130 valence electrons. The minimum atomic E-state index is -0.193. The molecule has 0 radical (unpaired) electrons. The number of aromatic nitrogens is 5. The molecule has 26 heavy (non-hydrogen) atoms. The lowest BCUT2D eigenvalue weighted by Crippen LogP contribution is -2.19. The number of fused-ring (bicyclic) bond motifs is 2. The number of hydrogen-bond donors (Lipinski definition) is 1. The van der Waals surface area contributed by atoms with Gasteiger partial charge in [-0.1, -0.05) is 23.5 Å². The van der Waals surface area contributed by atoms with Crippen molar-refractivity contribution >= 4 is 33.3 Å². The van der Waals surface area contributed by atoms with Crippen molar-refractivity contribution in [2.75, 3.05) is 5.32 Å². The summed E-state index contributed by atoms with van der Waals surface area (Å²) in [6.45, 7) is 0. The molecule has 3 aromatic heterocycles. The Bertz CT molecular complexity index is 1100. The highest BCUT2D eigenvalue weighted by Crippen LogP contribution is 2.33. The highest BCUT2D eigenvalue weighted by atomic mass is 32.1. The average molecular weight is 364 g/mol. The zero-order valence-electron chi connectivity index (χ0n) is 14.1. The van der Waals surface area contributed by atoms with Crippen LogP contribution in [0.3, 0.4) is 0 Å². The quantitative estimate of drug-likeness (QED) is 0.606. The smallest absolute Gasteiger partial charge is 0.275 e. The number of carbonyl (C=O) groups excluding carboxylic acids is 1. The molecule has 8 heteroatoms. The van der Waals surface area contributed by atoms with E-state index in [1.807, 2.05) is 24.3 Å². The first kappa shape index (κ1) is 15.3. The van der Waals surface area contributed by atoms with Gasteiger partial charge in [0, 0.05) is 18.8 Å². The molecule has 1 aliphatic carbocycles. The van der Waals surface area contributed by atoms with Gasteiger partial charge in [-0.3, -0.25) is 9.48 Å². The van der Waals surface area contributed by atoms with Crippen molar-refractivity contribution < 1.29 is 4.79 Å². The number of carbonyl (C=O) groups is 1. The van der Waals surface area contributed by atoms with Crippen LogP contribution in [-0.2, 0) is 19.9 Å². The van der Waals surface area contributed by atoms with Crippen LogP contribution in [0.15, 0.2) is 36.5 Å². The van der Waals surface area contributed by atoms with Crippen LogP contribution in [0, 0.1) is 0 Å². The van der Waals surface area contributed by atoms with E-state index in [9.17, 15) is 4.79 Å². The van der Waals surface area contributed by atoms with Crippen LogP contribution >= 0.6 is 11.3 Å². The van der Waals surface area contributed by atoms with Gasteiger partial charge in [0.25, 0.3) is 5.91 Å². The third-order valence-electron chi connectivity index (χ3n) is 4.66. The van der Waals surface area contributed by atoms with E-state index in [0.717, 1.165) is 51.7 Å². The van der Waals surface area contributed by atoms with Crippen molar-refractivity contribution in [1.82, 2.24) is 24.5 Å². The van der Waals surface area contributed by atoms with Gasteiger partial charge in [0.2, 0.25) is 5.13 Å². The van der Waals surface area contributed by atoms with E-state index in [0.29, 0.717) is 5.69 Å². The van der Waals surface area contributed by atoms with Crippen LogP contribution in [-0.4, -0.2) is 30.5 Å². The SMILES string of the molecule is Cn1nccc1C(=O)Nc1c2c(nn1-c1nc3ccccc3s1)CCC2. The van der Waals surface area contributed by atoms with Gasteiger partial charge in [-0.25, -0.2) is 4.98 Å². The van der Waals surface area contributed by atoms with Gasteiger partial charge in [0.15, 0.2) is 0 Å². The second-order valence-corrected chi connectivity index (χ2v) is 7.31. The van der Waals surface area contributed by atoms with Crippen molar-refractivity contribution in [2.45, 2.75) is 19.3 Å². The molecule has 0 bridgehead atoms. The molecule has 7 nitrogen and oxygen atoms in total. The summed E-state index contributed by atoms with van der Waals surface area (Å²) in [5, 5.41) is 12.6. The van der Waals surface area contributed by atoms with Crippen molar-refractivity contribution in [3.8, 4) is 5.13 Å². The molecule has 4 aromatic rings. The minimum Gasteiger partial charge on any atom is -0.305 e. The fourth-order valence-electron chi connectivity index (χ4n) is 3.38. The first-order valence-electron chi connectivity index (χ1n) is 8.47. The number of rotatable bonds is 3. The molecule has 0 unspecified atom stereocenters. The lowest BCUT2D eigenvalue weighted by atomic mass is 10.2. The lowest BCUT2D eigenvalue weighted by molar-refractivity contribution is 0.101. The number of aryl methyl sites for hydroxylation is 2. The molecule has 0 saturated carbocycles. The van der Waals surface area contributed by atoms with Crippen LogP contribution in [0.2, 0.25) is 0 Å². The first-order chi connectivity index (χ1) is 12.7. The molecule has 1 N–H and O–H groups in total. The number of anilines is 1. The lowest BCUT2D eigenvalue weighted by Gasteiger charge is -2.09. The Morgan fingerprint density at radius 1 is 1.23 bits per heavy atom. The van der Waals surface area contributed by atoms with Crippen LogP contribution in [0.25, 0.3) is 15.3 Å². The largest absolute Gasteiger partial charge is 0.305 e. The van der Waals surface area contributed by atoms with Gasteiger partial charge in [0.05, 0.1) is 15.9 Å². The Morgan fingerprint density at radius 3 is 2.92 bits per heavy atom. The molecule has 1 aromatic carbocycles. The van der Waals surface area contributed by atoms with E-state index in [4.69, 9.17) is 10.1 Å². The molecule has 0 aliphatic heterocycles. The summed E-state index contributed by atoms with van der Waals surface area (Å²) in [6, 6.07) is 9.70. The average Bonchev–Trinajstić information content (AvgIpc) is 3.38. The van der Waals surface area contributed by atoms with Crippen molar-refractivity contribution in [2.24, 2.45) is 7.05 Å². The molecule has 0 fully saturated rings. The summed E-state index contributed by atoms with van der Waals surface area (Å²) in [6.07, 6.45) is 4.53. The monoisotopic (exact) mass is 364 g/mol. The van der Waals surface area contributed by atoms with Crippen LogP contribution in [0.1, 0.15) is 28.2 Å². The van der Waals surface area contributed by atoms with Gasteiger partial charge >= 0.3 is 0 Å². The summed E-state index contributed by atoms with van der Waals surface area (Å²) in [4.78, 5) is 17.4. The Labute approximate surface area is 153 Å². The molecule has 0 saturated heterocycles. The highest BCUT2D eigenvalue weighted by Gasteiger charge is 2.26. The Balaban J connectivity index is 1.60. The fourth-order valence-corrected chi connectivity index (χ4v) is 4.30. The van der Waals surface area contributed by atoms with Crippen LogP contribution < -0.4 is 5.32 Å². The summed E-state index contributed by atoms with van der Waals surface area (Å²) >= 11 is 1.57. The predicted octanol–water partition coefficient (Wildman–Crippen LogP) is 2.96. The van der Waals surface area contributed by atoms with E-state index in [1.165, 1.54) is 0 Å². The standard InChI is InChI=1S/C18H16N6OS/c1-23-14(9-10-19-23)17(25)21-16-11-5-4-7-12(11)22-24(16)18-20-13-6-2-3-8-15(13)26-18/h2-3,6,8-10H,4-5,7H2,1H3,(H,21,25). The number of benzene rings is 1. The first-order valence-corrected chi connectivity index (χ1v) is 9.28. The maximum absolute atomic E-state index is 12.7. The predicted molar refractivity (Wildman–Crippen MR) is 99.9 cm³/mol. The normalized spacial score (nSPS) is 13.3. The maximum Gasteiger partial charge on any atom is 0.275 e. The van der Waals surface area contributed by atoms with Crippen LogP contribution in [0.4, 0.5) is 5.82 Å². The summed E-state index contributed by atoms with van der Waals surface area (Å²) in [5.41, 5.74) is 3.60. The molecule has 0 spiro atoms. The number of amides is 1. The molecule has 3 heterocycles. The highest BCUT2D eigenvalue weighted by molar-refractivity contribution is 7.20. The van der Waals surface area contributed by atoms with Gasteiger partial charge in [-0.05, 0) is 37.5 Å². The second-order valence-electron chi connectivity index (χ2n) is 6.30. The zero-order chi connectivity index (χ0) is 17.7. The molecule has 0 atom stereocenters. The van der Waals surface area contributed by atoms with Gasteiger partial charge in [-0.15, -0.1) is 0 Å². The maximum atomic E-state index is 12.7. The number of thiazole rings is 1. The number of nitrogens with zero attached hydrogens (tertiary/aromatic N) is 5. The number of para-hydroxylation sites is 1. The Hall–Kier alpha value is -3.00. The minimum absolute atomic E-state index is 0.193. The van der Waals surface area contributed by atoms with E-state index < -0.39 is 0 Å². The van der Waals surface area contributed by atoms with Crippen molar-refractivity contribution in [1.29, 1.82) is 0 Å². The number of nitrogens with one attached hydrogen (secondary N) is 1. The van der Waals surface area contributed by atoms with Crippen molar-refractivity contribution in [3.63, 3.8) is 0 Å². The van der Waals surface area contributed by atoms with E-state index in [-0.39, 0.29) is 5.91 Å². The van der Waals surface area contributed by atoms with Gasteiger partial charge in [-0.2, -0.15) is 14.9 Å². The molecular weight excluding hydrogens is 348 g/mol. The molecule has 1 amide bonds. The topological polar surface area (TPSA) is 77.6 Å². The third-order valence-corrected chi connectivity index (χ3v) is 5.67. The molecular formula is C18H16N6OS. The third kappa shape index (κ3) is 2.33. The molecule has 1 aliphatic rings. The molecule has 5 rings (SSSR count). The van der Waals surface area contributed by atoms with E-state index in [1.54, 1.807) is 40.0 Å². The number of hydrogen-bond acceptors (Lipinski definition) is 5. The fraction of sp³-hybridized carbons (Fsp3) is 0.222. The van der Waals surface area contributed by atoms with Crippen LogP contribution in [0.5, 0.6) is 0 Å². The Kier molecular flexibility index (Phi) is 3.39. The summed E-state index contributed by atoms with van der Waals surface area (Å²) in [7, 11) is 1.75. The second kappa shape index (κ2) is 5.77. The van der Waals surface area contributed by atoms with Gasteiger partial charge < -0.3 is 5.32 Å². The zero-order valence-corrected chi connectivity index (χ0v) is 15.0. The van der Waals surface area contributed by atoms with Gasteiger partial charge in [0.1, 0.15) is 11.5 Å². The van der Waals surface area contributed by atoms with E-state index in [2.05, 4.69) is 10.4 Å². The van der Waals surface area contributed by atoms with E-state index >= 15 is 0 Å².